The Morgan fingerprint density at radius 3 is 2.56 bits per heavy atom. The van der Waals surface area contributed by atoms with Crippen molar-refractivity contribution in [3.05, 3.63) is 47.7 Å². The highest BCUT2D eigenvalue weighted by molar-refractivity contribution is 5.92. The largest absolute Gasteiger partial charge is 0.451 e. The van der Waals surface area contributed by atoms with Crippen LogP contribution in [0.2, 0.25) is 0 Å². The molecular weight excluding hydrogens is 338 g/mol. The predicted octanol–water partition coefficient (Wildman–Crippen LogP) is 2.57. The van der Waals surface area contributed by atoms with Gasteiger partial charge < -0.3 is 15.1 Å². The molecule has 1 aromatic heterocycles. The Hall–Kier alpha value is -1.82. The summed E-state index contributed by atoms with van der Waals surface area (Å²) in [6.07, 6.45) is 1.01. The van der Waals surface area contributed by atoms with Crippen molar-refractivity contribution in [1.29, 1.82) is 0 Å². The van der Waals surface area contributed by atoms with Gasteiger partial charge in [0, 0.05) is 44.8 Å². The van der Waals surface area contributed by atoms with Gasteiger partial charge >= 0.3 is 0 Å². The Labute approximate surface area is 155 Å². The van der Waals surface area contributed by atoms with E-state index in [1.165, 1.54) is 5.56 Å². The summed E-state index contributed by atoms with van der Waals surface area (Å²) in [5, 5.41) is 6.26. The zero-order valence-corrected chi connectivity index (χ0v) is 15.4. The molecule has 0 aliphatic carbocycles. The van der Waals surface area contributed by atoms with Gasteiger partial charge in [-0.3, -0.25) is 9.69 Å². The molecule has 0 saturated carbocycles. The second-order valence-electron chi connectivity index (χ2n) is 6.06. The maximum absolute atomic E-state index is 12.2. The number of hydrogen-bond donors (Lipinski definition) is 2. The molecule has 1 saturated heterocycles. The summed E-state index contributed by atoms with van der Waals surface area (Å²) in [7, 11) is 0. The first kappa shape index (κ1) is 19.5. The highest BCUT2D eigenvalue weighted by Crippen LogP contribution is 2.22. The number of carbonyl (C=O) groups excluding carboxylic acids is 1. The van der Waals surface area contributed by atoms with Crippen molar-refractivity contribution < 1.29 is 9.21 Å². The van der Waals surface area contributed by atoms with Crippen LogP contribution in [0.4, 0.5) is 0 Å². The number of benzene rings is 1. The molecule has 0 radical (unpaired) electrons. The van der Waals surface area contributed by atoms with E-state index in [-0.39, 0.29) is 18.3 Å². The van der Waals surface area contributed by atoms with E-state index in [4.69, 9.17) is 4.42 Å². The van der Waals surface area contributed by atoms with Crippen molar-refractivity contribution in [2.24, 2.45) is 0 Å². The van der Waals surface area contributed by atoms with Crippen molar-refractivity contribution in [1.82, 2.24) is 15.5 Å². The third-order valence-corrected chi connectivity index (χ3v) is 4.40. The summed E-state index contributed by atoms with van der Waals surface area (Å²) in [5.74, 6) is 0.941. The lowest BCUT2D eigenvalue weighted by atomic mass is 10.1. The Balaban J connectivity index is 0.00000225. The lowest BCUT2D eigenvalue weighted by Gasteiger charge is -2.26. The first-order chi connectivity index (χ1) is 11.8. The average Bonchev–Trinajstić information content (AvgIpc) is 3.13. The first-order valence-corrected chi connectivity index (χ1v) is 8.66. The van der Waals surface area contributed by atoms with E-state index in [0.29, 0.717) is 12.3 Å². The zero-order valence-electron chi connectivity index (χ0n) is 14.6. The zero-order chi connectivity index (χ0) is 16.8. The van der Waals surface area contributed by atoms with E-state index < -0.39 is 0 Å². The van der Waals surface area contributed by atoms with Crippen LogP contribution in [-0.2, 0) is 6.42 Å². The van der Waals surface area contributed by atoms with E-state index in [1.54, 1.807) is 6.07 Å². The molecule has 6 heteroatoms. The fourth-order valence-corrected chi connectivity index (χ4v) is 2.87. The first-order valence-electron chi connectivity index (χ1n) is 8.66. The van der Waals surface area contributed by atoms with Crippen molar-refractivity contribution in [3.8, 4) is 11.3 Å². The number of nitrogens with one attached hydrogen (secondary N) is 2. The number of rotatable bonds is 6. The van der Waals surface area contributed by atoms with Crippen LogP contribution in [0.25, 0.3) is 11.3 Å². The number of halogens is 1. The Kier molecular flexibility index (Phi) is 7.50. The monoisotopic (exact) mass is 363 g/mol. The standard InChI is InChI=1S/C19H25N3O2.ClH/c1-2-15-3-5-16(6-4-15)17-7-8-18(24-17)19(23)21-11-14-22-12-9-20-10-13-22;/h3-8,20H,2,9-14H2,1H3,(H,21,23);1H. The van der Waals surface area contributed by atoms with Gasteiger partial charge in [0.15, 0.2) is 5.76 Å². The molecule has 1 aliphatic rings. The molecule has 136 valence electrons. The van der Waals surface area contributed by atoms with Gasteiger partial charge in [-0.1, -0.05) is 31.2 Å². The summed E-state index contributed by atoms with van der Waals surface area (Å²) >= 11 is 0. The van der Waals surface area contributed by atoms with E-state index in [2.05, 4.69) is 34.6 Å². The maximum Gasteiger partial charge on any atom is 0.287 e. The van der Waals surface area contributed by atoms with Crippen LogP contribution in [0, 0.1) is 0 Å². The third-order valence-electron chi connectivity index (χ3n) is 4.40. The number of piperazine rings is 1. The van der Waals surface area contributed by atoms with Crippen LogP contribution in [0.5, 0.6) is 0 Å². The molecule has 0 spiro atoms. The predicted molar refractivity (Wildman–Crippen MR) is 102 cm³/mol. The molecule has 0 atom stereocenters. The maximum atomic E-state index is 12.2. The van der Waals surface area contributed by atoms with Gasteiger partial charge in [-0.05, 0) is 24.1 Å². The summed E-state index contributed by atoms with van der Waals surface area (Å²) < 4.78 is 5.71. The Bertz CT molecular complexity index is 664. The van der Waals surface area contributed by atoms with Gasteiger partial charge in [0.2, 0.25) is 0 Å². The fourth-order valence-electron chi connectivity index (χ4n) is 2.87. The molecule has 1 fully saturated rings. The van der Waals surface area contributed by atoms with Crippen molar-refractivity contribution in [2.75, 3.05) is 39.3 Å². The highest BCUT2D eigenvalue weighted by atomic mass is 35.5. The minimum absolute atomic E-state index is 0. The second-order valence-corrected chi connectivity index (χ2v) is 6.06. The summed E-state index contributed by atoms with van der Waals surface area (Å²) in [6.45, 7) is 7.76. The molecule has 1 aromatic carbocycles. The fraction of sp³-hybridized carbons (Fsp3) is 0.421. The lowest BCUT2D eigenvalue weighted by molar-refractivity contribution is 0.0920. The number of nitrogens with zero attached hydrogens (tertiary/aromatic N) is 1. The Morgan fingerprint density at radius 1 is 1.16 bits per heavy atom. The molecule has 2 aromatic rings. The van der Waals surface area contributed by atoms with Gasteiger partial charge in [0.05, 0.1) is 0 Å². The van der Waals surface area contributed by atoms with Gasteiger partial charge in [-0.25, -0.2) is 0 Å². The number of furan rings is 1. The van der Waals surface area contributed by atoms with Crippen LogP contribution in [-0.4, -0.2) is 50.1 Å². The molecule has 2 N–H and O–H groups in total. The van der Waals surface area contributed by atoms with Gasteiger partial charge in [0.1, 0.15) is 5.76 Å². The summed E-state index contributed by atoms with van der Waals surface area (Å²) in [6, 6.07) is 11.8. The highest BCUT2D eigenvalue weighted by Gasteiger charge is 2.13. The second kappa shape index (κ2) is 9.61. The van der Waals surface area contributed by atoms with Crippen LogP contribution >= 0.6 is 12.4 Å². The molecule has 25 heavy (non-hydrogen) atoms. The van der Waals surface area contributed by atoms with Gasteiger partial charge in [0.25, 0.3) is 5.91 Å². The summed E-state index contributed by atoms with van der Waals surface area (Å²) in [4.78, 5) is 14.5. The molecule has 2 heterocycles. The minimum atomic E-state index is -0.151. The quantitative estimate of drug-likeness (QED) is 0.828. The molecule has 0 unspecified atom stereocenters. The average molecular weight is 364 g/mol. The van der Waals surface area contributed by atoms with Crippen molar-refractivity contribution in [2.45, 2.75) is 13.3 Å². The van der Waals surface area contributed by atoms with E-state index >= 15 is 0 Å². The third kappa shape index (κ3) is 5.33. The topological polar surface area (TPSA) is 57.5 Å². The number of carbonyl (C=O) groups is 1. The van der Waals surface area contributed by atoms with E-state index in [0.717, 1.165) is 50.5 Å². The minimum Gasteiger partial charge on any atom is -0.451 e. The molecule has 0 bridgehead atoms. The number of amides is 1. The lowest BCUT2D eigenvalue weighted by Crippen LogP contribution is -2.46. The number of hydrogen-bond acceptors (Lipinski definition) is 4. The normalized spacial score (nSPS) is 14.8. The molecule has 3 rings (SSSR count). The van der Waals surface area contributed by atoms with Crippen molar-refractivity contribution in [3.63, 3.8) is 0 Å². The van der Waals surface area contributed by atoms with E-state index in [1.807, 2.05) is 18.2 Å². The smallest absolute Gasteiger partial charge is 0.287 e. The SMILES string of the molecule is CCc1ccc(-c2ccc(C(=O)NCCN3CCNCC3)o2)cc1.Cl. The molecule has 1 amide bonds. The molecular formula is C19H26ClN3O2. The molecule has 5 nitrogen and oxygen atoms in total. The number of aryl methyl sites for hydroxylation is 1. The van der Waals surface area contributed by atoms with Crippen LogP contribution in [0.3, 0.4) is 0 Å². The van der Waals surface area contributed by atoms with Gasteiger partial charge in [-0.15, -0.1) is 12.4 Å². The van der Waals surface area contributed by atoms with Crippen LogP contribution in [0.15, 0.2) is 40.8 Å². The van der Waals surface area contributed by atoms with E-state index in [9.17, 15) is 4.79 Å². The molecule has 1 aliphatic heterocycles. The van der Waals surface area contributed by atoms with Crippen LogP contribution < -0.4 is 10.6 Å². The van der Waals surface area contributed by atoms with Crippen LogP contribution in [0.1, 0.15) is 23.0 Å². The van der Waals surface area contributed by atoms with Gasteiger partial charge in [-0.2, -0.15) is 0 Å². The summed E-state index contributed by atoms with van der Waals surface area (Å²) in [5.41, 5.74) is 2.28. The van der Waals surface area contributed by atoms with Crippen molar-refractivity contribution >= 4 is 18.3 Å². The Morgan fingerprint density at radius 2 is 1.88 bits per heavy atom.